The summed E-state index contributed by atoms with van der Waals surface area (Å²) in [5.74, 6) is 1.35. The summed E-state index contributed by atoms with van der Waals surface area (Å²) in [7, 11) is 0. The van der Waals surface area contributed by atoms with Gasteiger partial charge < -0.3 is 16.2 Å². The Labute approximate surface area is 197 Å². The number of phenols is 1. The third-order valence-electron chi connectivity index (χ3n) is 5.58. The predicted octanol–water partition coefficient (Wildman–Crippen LogP) is 4.44. The zero-order valence-corrected chi connectivity index (χ0v) is 18.5. The van der Waals surface area contributed by atoms with E-state index in [1.165, 1.54) is 5.56 Å². The second-order valence-electron chi connectivity index (χ2n) is 8.04. The fourth-order valence-corrected chi connectivity index (χ4v) is 3.91. The molecule has 0 aliphatic carbocycles. The van der Waals surface area contributed by atoms with E-state index < -0.39 is 0 Å². The summed E-state index contributed by atoms with van der Waals surface area (Å²) in [6.45, 7) is 0.533. The number of benzene rings is 2. The number of nitrogens with zero attached hydrogens (tertiary/aromatic N) is 4. The Morgan fingerprint density at radius 2 is 1.62 bits per heavy atom. The number of aromatic nitrogens is 4. The molecule has 7 heteroatoms. The maximum absolute atomic E-state index is 10.5. The van der Waals surface area contributed by atoms with Gasteiger partial charge in [0.15, 0.2) is 5.82 Å². The fraction of sp³-hybridized carbons (Fsp3) is 0.111. The molecule has 3 heterocycles. The lowest BCUT2D eigenvalue weighted by molar-refractivity contribution is 0.477. The van der Waals surface area contributed by atoms with Crippen LogP contribution in [0, 0.1) is 0 Å². The lowest BCUT2D eigenvalue weighted by Gasteiger charge is -2.16. The lowest BCUT2D eigenvalue weighted by Crippen LogP contribution is -2.31. The van der Waals surface area contributed by atoms with Crippen molar-refractivity contribution in [1.29, 1.82) is 0 Å². The van der Waals surface area contributed by atoms with Gasteiger partial charge in [0.1, 0.15) is 22.8 Å². The fourth-order valence-electron chi connectivity index (χ4n) is 3.91. The molecule has 0 amide bonds. The molecule has 168 valence electrons. The number of nitrogens with two attached hydrogens (primary N) is 1. The summed E-state index contributed by atoms with van der Waals surface area (Å²) in [6.07, 6.45) is 5.87. The minimum absolute atomic E-state index is 0.101. The molecule has 0 unspecified atom stereocenters. The molecular formula is C27H24N6O. The van der Waals surface area contributed by atoms with Gasteiger partial charge in [-0.05, 0) is 42.3 Å². The Morgan fingerprint density at radius 1 is 0.853 bits per heavy atom. The van der Waals surface area contributed by atoms with Gasteiger partial charge in [0.05, 0.1) is 0 Å². The molecule has 0 bridgehead atoms. The first-order valence-electron chi connectivity index (χ1n) is 11.1. The van der Waals surface area contributed by atoms with Crippen LogP contribution in [-0.2, 0) is 6.42 Å². The standard InChI is InChI=1S/C27H24N6O/c28-20(16-18-6-2-1-3-7-18)17-31-27-22-12-15-30-24(21-8-4-5-9-23(21)34)25(22)32-26(33-27)19-10-13-29-14-11-19/h1-15,20,34H,16-17,28H2,(H,31,32,33)/t20-/m0/s1. The molecule has 0 fully saturated rings. The van der Waals surface area contributed by atoms with Crippen molar-refractivity contribution in [2.24, 2.45) is 5.73 Å². The van der Waals surface area contributed by atoms with E-state index >= 15 is 0 Å². The van der Waals surface area contributed by atoms with Crippen LogP contribution in [0.4, 0.5) is 5.82 Å². The van der Waals surface area contributed by atoms with Crippen LogP contribution in [-0.4, -0.2) is 37.6 Å². The summed E-state index contributed by atoms with van der Waals surface area (Å²) in [5, 5.41) is 14.7. The molecule has 3 aromatic heterocycles. The maximum Gasteiger partial charge on any atom is 0.162 e. The molecule has 7 nitrogen and oxygen atoms in total. The van der Waals surface area contributed by atoms with Gasteiger partial charge in [-0.2, -0.15) is 0 Å². The van der Waals surface area contributed by atoms with Crippen LogP contribution >= 0.6 is 0 Å². The second kappa shape index (κ2) is 9.64. The van der Waals surface area contributed by atoms with Gasteiger partial charge in [0, 0.05) is 47.7 Å². The zero-order valence-electron chi connectivity index (χ0n) is 18.5. The first kappa shape index (κ1) is 21.5. The number of hydrogen-bond donors (Lipinski definition) is 3. The average Bonchev–Trinajstić information content (AvgIpc) is 2.88. The topological polar surface area (TPSA) is 110 Å². The number of phenolic OH excluding ortho intramolecular Hbond substituents is 1. The molecule has 4 N–H and O–H groups in total. The first-order valence-corrected chi connectivity index (χ1v) is 11.1. The van der Waals surface area contributed by atoms with Crippen molar-refractivity contribution in [3.63, 3.8) is 0 Å². The highest BCUT2D eigenvalue weighted by Gasteiger charge is 2.17. The highest BCUT2D eigenvalue weighted by atomic mass is 16.3. The number of aromatic hydroxyl groups is 1. The molecule has 0 radical (unpaired) electrons. The number of para-hydroxylation sites is 1. The number of rotatable bonds is 7. The van der Waals surface area contributed by atoms with Crippen molar-refractivity contribution in [2.45, 2.75) is 12.5 Å². The highest BCUT2D eigenvalue weighted by molar-refractivity contribution is 5.99. The van der Waals surface area contributed by atoms with E-state index in [1.807, 2.05) is 48.5 Å². The summed E-state index contributed by atoms with van der Waals surface area (Å²) in [4.78, 5) is 18.3. The van der Waals surface area contributed by atoms with Crippen molar-refractivity contribution < 1.29 is 5.11 Å². The molecule has 5 rings (SSSR count). The molecule has 1 atom stereocenters. The summed E-state index contributed by atoms with van der Waals surface area (Å²) in [6, 6.07) is 22.8. The normalized spacial score (nSPS) is 11.9. The van der Waals surface area contributed by atoms with Gasteiger partial charge in [-0.15, -0.1) is 0 Å². The van der Waals surface area contributed by atoms with Crippen molar-refractivity contribution in [3.05, 3.63) is 97.0 Å². The number of fused-ring (bicyclic) bond motifs is 1. The van der Waals surface area contributed by atoms with Crippen LogP contribution in [0.25, 0.3) is 33.5 Å². The van der Waals surface area contributed by atoms with Gasteiger partial charge in [-0.1, -0.05) is 42.5 Å². The Morgan fingerprint density at radius 3 is 2.41 bits per heavy atom. The third-order valence-corrected chi connectivity index (χ3v) is 5.58. The van der Waals surface area contributed by atoms with E-state index in [0.717, 1.165) is 17.4 Å². The van der Waals surface area contributed by atoms with Crippen LogP contribution in [0.1, 0.15) is 5.56 Å². The van der Waals surface area contributed by atoms with E-state index in [4.69, 9.17) is 15.7 Å². The van der Waals surface area contributed by atoms with E-state index in [1.54, 1.807) is 30.7 Å². The monoisotopic (exact) mass is 448 g/mol. The van der Waals surface area contributed by atoms with Crippen LogP contribution in [0.3, 0.4) is 0 Å². The molecule has 0 aliphatic heterocycles. The molecule has 0 spiro atoms. The third kappa shape index (κ3) is 4.55. The van der Waals surface area contributed by atoms with Crippen molar-refractivity contribution in [2.75, 3.05) is 11.9 Å². The zero-order chi connectivity index (χ0) is 23.3. The van der Waals surface area contributed by atoms with Crippen molar-refractivity contribution >= 4 is 16.7 Å². The number of nitrogens with one attached hydrogen (secondary N) is 1. The number of anilines is 1. The van der Waals surface area contributed by atoms with Crippen molar-refractivity contribution in [1.82, 2.24) is 19.9 Å². The average molecular weight is 449 g/mol. The number of hydrogen-bond acceptors (Lipinski definition) is 7. The second-order valence-corrected chi connectivity index (χ2v) is 8.04. The van der Waals surface area contributed by atoms with Gasteiger partial charge in [0.2, 0.25) is 0 Å². The maximum atomic E-state index is 10.5. The summed E-state index contributed by atoms with van der Waals surface area (Å²) < 4.78 is 0. The van der Waals surface area contributed by atoms with E-state index in [9.17, 15) is 5.11 Å². The van der Waals surface area contributed by atoms with Crippen LogP contribution in [0.2, 0.25) is 0 Å². The molecule has 2 aromatic carbocycles. The molecular weight excluding hydrogens is 424 g/mol. The van der Waals surface area contributed by atoms with E-state index in [-0.39, 0.29) is 11.8 Å². The minimum Gasteiger partial charge on any atom is -0.507 e. The molecule has 0 saturated carbocycles. The van der Waals surface area contributed by atoms with Crippen LogP contribution < -0.4 is 11.1 Å². The molecule has 0 saturated heterocycles. The largest absolute Gasteiger partial charge is 0.507 e. The van der Waals surface area contributed by atoms with Gasteiger partial charge in [-0.3, -0.25) is 9.97 Å². The molecule has 34 heavy (non-hydrogen) atoms. The van der Waals surface area contributed by atoms with Gasteiger partial charge >= 0.3 is 0 Å². The van der Waals surface area contributed by atoms with Crippen LogP contribution in [0.15, 0.2) is 91.4 Å². The van der Waals surface area contributed by atoms with Gasteiger partial charge in [-0.25, -0.2) is 9.97 Å². The summed E-state index contributed by atoms with van der Waals surface area (Å²) in [5.41, 5.74) is 10.3. The summed E-state index contributed by atoms with van der Waals surface area (Å²) >= 11 is 0. The minimum atomic E-state index is -0.101. The quantitative estimate of drug-likeness (QED) is 0.338. The molecule has 5 aromatic rings. The Bertz CT molecular complexity index is 1410. The smallest absolute Gasteiger partial charge is 0.162 e. The van der Waals surface area contributed by atoms with Crippen LogP contribution in [0.5, 0.6) is 5.75 Å². The van der Waals surface area contributed by atoms with Gasteiger partial charge in [0.25, 0.3) is 0 Å². The highest BCUT2D eigenvalue weighted by Crippen LogP contribution is 2.34. The Hall–Kier alpha value is -4.36. The Kier molecular flexibility index (Phi) is 6.09. The molecule has 0 aliphatic rings. The van der Waals surface area contributed by atoms with E-state index in [0.29, 0.717) is 35.0 Å². The number of pyridine rings is 2. The first-order chi connectivity index (χ1) is 16.7. The lowest BCUT2D eigenvalue weighted by atomic mass is 10.1. The predicted molar refractivity (Wildman–Crippen MR) is 134 cm³/mol. The Balaban J connectivity index is 1.56. The SMILES string of the molecule is N[C@H](CNc1nc(-c2ccncc2)nc2c(-c3ccccc3O)nccc12)Cc1ccccc1. The van der Waals surface area contributed by atoms with E-state index in [2.05, 4.69) is 27.4 Å². The van der Waals surface area contributed by atoms with Crippen molar-refractivity contribution in [3.8, 4) is 28.4 Å².